The van der Waals surface area contributed by atoms with Crippen LogP contribution in [0.25, 0.3) is 0 Å². The predicted octanol–water partition coefficient (Wildman–Crippen LogP) is 5.25. The van der Waals surface area contributed by atoms with Gasteiger partial charge in [0.05, 0.1) is 0 Å². The van der Waals surface area contributed by atoms with Crippen molar-refractivity contribution in [2.24, 2.45) is 17.8 Å². The molecule has 164 valence electrons. The van der Waals surface area contributed by atoms with Crippen molar-refractivity contribution < 1.29 is 4.79 Å². The fourth-order valence-electron chi connectivity index (χ4n) is 7.03. The highest BCUT2D eigenvalue weighted by Gasteiger charge is 2.43. The summed E-state index contributed by atoms with van der Waals surface area (Å²) in [5, 5.41) is 0. The number of likely N-dealkylation sites (tertiary alicyclic amines) is 2. The molecular formula is C27H40N2O. The first-order valence-electron chi connectivity index (χ1n) is 12.8. The van der Waals surface area contributed by atoms with Crippen molar-refractivity contribution in [1.82, 2.24) is 9.80 Å². The average Bonchev–Trinajstić information content (AvgIpc) is 3.52. The van der Waals surface area contributed by atoms with E-state index in [1.165, 1.54) is 75.6 Å². The lowest BCUT2D eigenvalue weighted by molar-refractivity contribution is -0.134. The zero-order valence-electron chi connectivity index (χ0n) is 18.9. The van der Waals surface area contributed by atoms with Gasteiger partial charge in [0.1, 0.15) is 0 Å². The van der Waals surface area contributed by atoms with Crippen LogP contribution in [0.5, 0.6) is 0 Å². The molecule has 1 amide bonds. The van der Waals surface area contributed by atoms with Gasteiger partial charge in [0.25, 0.3) is 0 Å². The van der Waals surface area contributed by atoms with Crippen molar-refractivity contribution >= 4 is 5.91 Å². The number of carbonyl (C=O) groups excluding carboxylic acids is 1. The van der Waals surface area contributed by atoms with Crippen LogP contribution in [0.15, 0.2) is 24.3 Å². The molecular weight excluding hydrogens is 368 g/mol. The zero-order valence-corrected chi connectivity index (χ0v) is 18.9. The van der Waals surface area contributed by atoms with Crippen LogP contribution in [0.4, 0.5) is 0 Å². The van der Waals surface area contributed by atoms with E-state index in [4.69, 9.17) is 0 Å². The molecule has 0 aromatic heterocycles. The van der Waals surface area contributed by atoms with Gasteiger partial charge in [-0.2, -0.15) is 0 Å². The van der Waals surface area contributed by atoms with Gasteiger partial charge in [0.2, 0.25) is 5.91 Å². The largest absolute Gasteiger partial charge is 0.342 e. The average molecular weight is 409 g/mol. The van der Waals surface area contributed by atoms with E-state index in [0.29, 0.717) is 23.7 Å². The van der Waals surface area contributed by atoms with E-state index in [2.05, 4.69) is 41.0 Å². The third-order valence-corrected chi connectivity index (χ3v) is 8.90. The lowest BCUT2D eigenvalue weighted by atomic mass is 9.71. The van der Waals surface area contributed by atoms with E-state index in [-0.39, 0.29) is 0 Å². The molecule has 3 nitrogen and oxygen atoms in total. The van der Waals surface area contributed by atoms with E-state index < -0.39 is 0 Å². The lowest BCUT2D eigenvalue weighted by Crippen LogP contribution is -2.34. The maximum Gasteiger partial charge on any atom is 0.225 e. The van der Waals surface area contributed by atoms with Crippen LogP contribution in [0, 0.1) is 17.8 Å². The Bertz CT molecular complexity index is 723. The molecule has 2 saturated carbocycles. The number of benzene rings is 1. The van der Waals surface area contributed by atoms with Crippen LogP contribution in [-0.4, -0.2) is 47.9 Å². The monoisotopic (exact) mass is 408 g/mol. The maximum atomic E-state index is 13.0. The fourth-order valence-corrected chi connectivity index (χ4v) is 7.03. The number of rotatable bonds is 5. The number of hydrogen-bond donors (Lipinski definition) is 0. The summed E-state index contributed by atoms with van der Waals surface area (Å²) in [6.45, 7) is 6.90. The van der Waals surface area contributed by atoms with E-state index in [0.717, 1.165) is 37.9 Å². The van der Waals surface area contributed by atoms with Crippen molar-refractivity contribution in [3.63, 3.8) is 0 Å². The molecule has 5 rings (SSSR count). The third-order valence-electron chi connectivity index (χ3n) is 8.90. The molecule has 2 aliphatic carbocycles. The van der Waals surface area contributed by atoms with Crippen LogP contribution in [0.1, 0.15) is 81.8 Å². The van der Waals surface area contributed by atoms with Gasteiger partial charge in [-0.1, -0.05) is 43.5 Å². The van der Waals surface area contributed by atoms with Crippen LogP contribution < -0.4 is 0 Å². The Kier molecular flexibility index (Phi) is 6.18. The number of fused-ring (bicyclic) bond motifs is 1. The Balaban J connectivity index is 1.21. The van der Waals surface area contributed by atoms with Gasteiger partial charge in [0.15, 0.2) is 0 Å². The summed E-state index contributed by atoms with van der Waals surface area (Å²) in [6, 6.07) is 10.4. The summed E-state index contributed by atoms with van der Waals surface area (Å²) < 4.78 is 0. The molecule has 2 saturated heterocycles. The summed E-state index contributed by atoms with van der Waals surface area (Å²) in [5.74, 6) is 2.87. The second kappa shape index (κ2) is 9.02. The summed E-state index contributed by atoms with van der Waals surface area (Å²) in [6.07, 6.45) is 12.6. The molecule has 0 spiro atoms. The molecule has 4 fully saturated rings. The van der Waals surface area contributed by atoms with Crippen LogP contribution in [0.2, 0.25) is 0 Å². The molecule has 30 heavy (non-hydrogen) atoms. The SMILES string of the molecule is CC1CCCN1CCc1ccc(C2CCCC3CN(C(=O)C4CCCC4)CC32)cc1. The minimum Gasteiger partial charge on any atom is -0.342 e. The molecule has 1 aromatic rings. The first-order chi connectivity index (χ1) is 14.7. The summed E-state index contributed by atoms with van der Waals surface area (Å²) in [5.41, 5.74) is 3.01. The van der Waals surface area contributed by atoms with Gasteiger partial charge < -0.3 is 9.80 Å². The van der Waals surface area contributed by atoms with Gasteiger partial charge in [-0.15, -0.1) is 0 Å². The van der Waals surface area contributed by atoms with Crippen molar-refractivity contribution in [1.29, 1.82) is 0 Å². The van der Waals surface area contributed by atoms with Crippen LogP contribution >= 0.6 is 0 Å². The fraction of sp³-hybridized carbons (Fsp3) is 0.741. The first kappa shape index (κ1) is 20.5. The van der Waals surface area contributed by atoms with Gasteiger partial charge in [-0.3, -0.25) is 4.79 Å². The second-order valence-corrected chi connectivity index (χ2v) is 10.7. The summed E-state index contributed by atoms with van der Waals surface area (Å²) >= 11 is 0. The molecule has 4 aliphatic rings. The molecule has 2 aliphatic heterocycles. The molecule has 4 unspecified atom stereocenters. The number of hydrogen-bond acceptors (Lipinski definition) is 2. The topological polar surface area (TPSA) is 23.6 Å². The number of amides is 1. The highest BCUT2D eigenvalue weighted by Crippen LogP contribution is 2.46. The summed E-state index contributed by atoms with van der Waals surface area (Å²) in [7, 11) is 0. The molecule has 0 N–H and O–H groups in total. The van der Waals surface area contributed by atoms with Crippen molar-refractivity contribution in [2.45, 2.75) is 83.1 Å². The minimum atomic E-state index is 0.334. The standard InChI is InChI=1S/C27H40N2O/c1-20-6-5-16-28(20)17-15-21-11-13-22(14-12-21)25-10-4-9-24-18-29(19-26(24)25)27(30)23-7-2-3-8-23/h11-14,20,23-26H,2-10,15-19H2,1H3. The van der Waals surface area contributed by atoms with Crippen molar-refractivity contribution in [2.75, 3.05) is 26.2 Å². The van der Waals surface area contributed by atoms with E-state index in [1.54, 1.807) is 0 Å². The molecule has 4 atom stereocenters. The highest BCUT2D eigenvalue weighted by molar-refractivity contribution is 5.79. The van der Waals surface area contributed by atoms with E-state index in [1.807, 2.05) is 0 Å². The molecule has 0 bridgehead atoms. The second-order valence-electron chi connectivity index (χ2n) is 10.7. The summed E-state index contributed by atoms with van der Waals surface area (Å²) in [4.78, 5) is 17.9. The first-order valence-corrected chi connectivity index (χ1v) is 12.8. The molecule has 1 aromatic carbocycles. The lowest BCUT2D eigenvalue weighted by Gasteiger charge is -2.33. The smallest absolute Gasteiger partial charge is 0.225 e. The Morgan fingerprint density at radius 3 is 2.47 bits per heavy atom. The van der Waals surface area contributed by atoms with Gasteiger partial charge in [-0.05, 0) is 87.3 Å². The Morgan fingerprint density at radius 2 is 1.73 bits per heavy atom. The normalized spacial score (nSPS) is 32.6. The van der Waals surface area contributed by atoms with Crippen molar-refractivity contribution in [3.05, 3.63) is 35.4 Å². The van der Waals surface area contributed by atoms with E-state index in [9.17, 15) is 4.79 Å². The zero-order chi connectivity index (χ0) is 20.5. The molecule has 3 heteroatoms. The quantitative estimate of drug-likeness (QED) is 0.665. The van der Waals surface area contributed by atoms with Crippen LogP contribution in [-0.2, 0) is 11.2 Å². The molecule has 0 radical (unpaired) electrons. The van der Waals surface area contributed by atoms with Gasteiger partial charge >= 0.3 is 0 Å². The van der Waals surface area contributed by atoms with Gasteiger partial charge in [0, 0.05) is 31.6 Å². The Morgan fingerprint density at radius 1 is 0.933 bits per heavy atom. The Labute approximate surface area is 183 Å². The highest BCUT2D eigenvalue weighted by atomic mass is 16.2. The van der Waals surface area contributed by atoms with Crippen molar-refractivity contribution in [3.8, 4) is 0 Å². The Hall–Kier alpha value is -1.35. The molecule has 2 heterocycles. The number of carbonyl (C=O) groups is 1. The van der Waals surface area contributed by atoms with E-state index >= 15 is 0 Å². The third kappa shape index (κ3) is 4.20. The number of nitrogens with zero attached hydrogens (tertiary/aromatic N) is 2. The minimum absolute atomic E-state index is 0.334. The maximum absolute atomic E-state index is 13.0. The van der Waals surface area contributed by atoms with Gasteiger partial charge in [-0.25, -0.2) is 0 Å². The predicted molar refractivity (Wildman–Crippen MR) is 123 cm³/mol. The van der Waals surface area contributed by atoms with Crippen LogP contribution in [0.3, 0.4) is 0 Å².